The molecule has 0 saturated carbocycles. The third-order valence-corrected chi connectivity index (χ3v) is 3.31. The minimum atomic E-state index is -0.816. The molecule has 0 heterocycles. The van der Waals surface area contributed by atoms with Crippen molar-refractivity contribution in [1.29, 1.82) is 0 Å². The summed E-state index contributed by atoms with van der Waals surface area (Å²) in [6.07, 6.45) is 24.8. The van der Waals surface area contributed by atoms with E-state index in [1.165, 1.54) is 0 Å². The van der Waals surface area contributed by atoms with Crippen molar-refractivity contribution >= 4 is 5.97 Å². The fourth-order valence-corrected chi connectivity index (χ4v) is 1.92. The summed E-state index contributed by atoms with van der Waals surface area (Å²) in [6, 6.07) is 0. The molecule has 4 nitrogen and oxygen atoms in total. The van der Waals surface area contributed by atoms with Gasteiger partial charge >= 0.3 is 5.97 Å². The van der Waals surface area contributed by atoms with Crippen LogP contribution < -0.4 is 0 Å². The number of rotatable bonds is 14. The maximum absolute atomic E-state index is 10.3. The van der Waals surface area contributed by atoms with Gasteiger partial charge in [0.15, 0.2) is 0 Å². The molecule has 0 aliphatic heterocycles. The molecule has 0 aromatic rings. The predicted molar refractivity (Wildman–Crippen MR) is 108 cm³/mol. The van der Waals surface area contributed by atoms with Gasteiger partial charge in [-0.2, -0.15) is 0 Å². The number of carboxylic acids is 1. The molecule has 0 aromatic carbocycles. The van der Waals surface area contributed by atoms with E-state index in [4.69, 9.17) is 5.11 Å². The van der Waals surface area contributed by atoms with Crippen LogP contribution in [-0.2, 0) is 4.79 Å². The van der Waals surface area contributed by atoms with Crippen LogP contribution in [0.25, 0.3) is 0 Å². The first-order valence-electron chi connectivity index (χ1n) is 9.10. The van der Waals surface area contributed by atoms with Crippen LogP contribution in [0, 0.1) is 0 Å². The van der Waals surface area contributed by atoms with E-state index in [0.717, 1.165) is 6.42 Å². The number of hydrogen-bond acceptors (Lipinski definition) is 3. The van der Waals surface area contributed by atoms with Gasteiger partial charge in [-0.3, -0.25) is 4.79 Å². The molecule has 0 aliphatic carbocycles. The average Bonchev–Trinajstić information content (AvgIpc) is 2.60. The summed E-state index contributed by atoms with van der Waals surface area (Å²) in [5.74, 6) is -0.816. The Morgan fingerprint density at radius 2 is 1.42 bits per heavy atom. The highest BCUT2D eigenvalue weighted by molar-refractivity contribution is 5.66. The number of carbonyl (C=O) groups is 1. The summed E-state index contributed by atoms with van der Waals surface area (Å²) < 4.78 is 0. The van der Waals surface area contributed by atoms with Gasteiger partial charge in [-0.05, 0) is 32.1 Å². The molecule has 0 aliphatic rings. The maximum Gasteiger partial charge on any atom is 0.303 e. The normalized spacial score (nSPS) is 15.5. The van der Waals surface area contributed by atoms with E-state index >= 15 is 0 Å². The van der Waals surface area contributed by atoms with Gasteiger partial charge in [0.05, 0.1) is 12.2 Å². The number of carboxylic acid groups (broad SMARTS) is 1. The molecular formula is C22H32O4. The molecule has 4 heteroatoms. The van der Waals surface area contributed by atoms with Gasteiger partial charge in [0.25, 0.3) is 0 Å². The summed E-state index contributed by atoms with van der Waals surface area (Å²) in [6.45, 7) is 2.07. The summed E-state index contributed by atoms with van der Waals surface area (Å²) in [5, 5.41) is 27.9. The minimum absolute atomic E-state index is 0.112. The number of aliphatic hydroxyl groups is 2. The average molecular weight is 360 g/mol. The summed E-state index contributed by atoms with van der Waals surface area (Å²) in [7, 11) is 0. The monoisotopic (exact) mass is 360 g/mol. The van der Waals surface area contributed by atoms with Crippen LogP contribution in [0.5, 0.6) is 0 Å². The largest absolute Gasteiger partial charge is 0.481 e. The smallest absolute Gasteiger partial charge is 0.303 e. The van der Waals surface area contributed by atoms with E-state index in [1.807, 2.05) is 42.5 Å². The van der Waals surface area contributed by atoms with Gasteiger partial charge in [-0.15, -0.1) is 0 Å². The van der Waals surface area contributed by atoms with Crippen molar-refractivity contribution in [2.45, 2.75) is 57.7 Å². The highest BCUT2D eigenvalue weighted by atomic mass is 16.4. The van der Waals surface area contributed by atoms with Crippen LogP contribution in [0.1, 0.15) is 45.4 Å². The van der Waals surface area contributed by atoms with Crippen molar-refractivity contribution in [3.8, 4) is 0 Å². The standard InChI is InChI=1S/C22H32O4/c1-2-3-10-15-20(23)16-11-7-5-4-6-8-12-17-21(24)18-13-9-14-19-22(25)26/h3-13,17,20-21,23-24H,2,14-16,18-19H2,1H3,(H,25,26)/b5-4-,8-6-,10-3-,11-7+,13-9-,17-12+. The molecule has 0 aromatic heterocycles. The van der Waals surface area contributed by atoms with Gasteiger partial charge in [0.1, 0.15) is 0 Å². The molecule has 0 rings (SSSR count). The Bertz CT molecular complexity index is 524. The molecule has 2 atom stereocenters. The number of allylic oxidation sites excluding steroid dienone is 8. The second-order valence-corrected chi connectivity index (χ2v) is 5.79. The van der Waals surface area contributed by atoms with E-state index in [2.05, 4.69) is 13.0 Å². The van der Waals surface area contributed by atoms with Crippen LogP contribution >= 0.6 is 0 Å². The van der Waals surface area contributed by atoms with Crippen LogP contribution in [-0.4, -0.2) is 33.5 Å². The third-order valence-electron chi connectivity index (χ3n) is 3.31. The molecule has 0 radical (unpaired) electrons. The maximum atomic E-state index is 10.3. The van der Waals surface area contributed by atoms with Gasteiger partial charge in [-0.1, -0.05) is 79.8 Å². The molecule has 2 unspecified atom stereocenters. The lowest BCUT2D eigenvalue weighted by molar-refractivity contribution is -0.136. The Morgan fingerprint density at radius 1 is 0.808 bits per heavy atom. The van der Waals surface area contributed by atoms with Crippen LogP contribution in [0.3, 0.4) is 0 Å². The molecule has 0 saturated heterocycles. The Labute approximate surface area is 157 Å². The molecule has 26 heavy (non-hydrogen) atoms. The van der Waals surface area contributed by atoms with E-state index < -0.39 is 12.1 Å². The number of hydrogen-bond donors (Lipinski definition) is 3. The first kappa shape index (κ1) is 23.8. The molecule has 144 valence electrons. The molecular weight excluding hydrogens is 328 g/mol. The lowest BCUT2D eigenvalue weighted by Gasteiger charge is -2.02. The summed E-state index contributed by atoms with van der Waals surface area (Å²) >= 11 is 0. The molecule has 3 N–H and O–H groups in total. The second-order valence-electron chi connectivity index (χ2n) is 5.79. The Morgan fingerprint density at radius 3 is 2.12 bits per heavy atom. The molecule has 0 spiro atoms. The minimum Gasteiger partial charge on any atom is -0.481 e. The van der Waals surface area contributed by atoms with E-state index in [1.54, 1.807) is 24.3 Å². The summed E-state index contributed by atoms with van der Waals surface area (Å²) in [5.41, 5.74) is 0. The van der Waals surface area contributed by atoms with Gasteiger partial charge in [0, 0.05) is 6.42 Å². The SMILES string of the molecule is CC/C=C\CC(O)C/C=C/C=C\C=C/C=C/C(O)C/C=C\CCC(=O)O. The zero-order valence-electron chi connectivity index (χ0n) is 15.6. The number of aliphatic hydroxyl groups excluding tert-OH is 2. The van der Waals surface area contributed by atoms with Gasteiger partial charge in [-0.25, -0.2) is 0 Å². The lowest BCUT2D eigenvalue weighted by Crippen LogP contribution is -2.02. The zero-order valence-corrected chi connectivity index (χ0v) is 15.6. The van der Waals surface area contributed by atoms with Gasteiger partial charge in [0.2, 0.25) is 0 Å². The molecule has 0 amide bonds. The second kappa shape index (κ2) is 17.6. The molecule has 0 fully saturated rings. The fraction of sp³-hybridized carbons (Fsp3) is 0.409. The van der Waals surface area contributed by atoms with Crippen molar-refractivity contribution in [3.05, 3.63) is 72.9 Å². The Kier molecular flexibility index (Phi) is 16.2. The highest BCUT2D eigenvalue weighted by Gasteiger charge is 1.96. The quantitative estimate of drug-likeness (QED) is 0.315. The van der Waals surface area contributed by atoms with E-state index in [-0.39, 0.29) is 12.5 Å². The van der Waals surface area contributed by atoms with Crippen molar-refractivity contribution < 1.29 is 20.1 Å². The van der Waals surface area contributed by atoms with E-state index in [9.17, 15) is 15.0 Å². The van der Waals surface area contributed by atoms with Crippen LogP contribution in [0.15, 0.2) is 72.9 Å². The van der Waals surface area contributed by atoms with E-state index in [0.29, 0.717) is 25.7 Å². The van der Waals surface area contributed by atoms with Crippen LogP contribution in [0.4, 0.5) is 0 Å². The van der Waals surface area contributed by atoms with Crippen LogP contribution in [0.2, 0.25) is 0 Å². The predicted octanol–water partition coefficient (Wildman–Crippen LogP) is 4.49. The van der Waals surface area contributed by atoms with Gasteiger partial charge < -0.3 is 15.3 Å². The zero-order chi connectivity index (χ0) is 19.5. The Hall–Kier alpha value is -2.17. The topological polar surface area (TPSA) is 77.8 Å². The highest BCUT2D eigenvalue weighted by Crippen LogP contribution is 2.01. The van der Waals surface area contributed by atoms with Crippen molar-refractivity contribution in [2.75, 3.05) is 0 Å². The first-order valence-corrected chi connectivity index (χ1v) is 9.10. The van der Waals surface area contributed by atoms with Crippen molar-refractivity contribution in [2.24, 2.45) is 0 Å². The van der Waals surface area contributed by atoms with Crippen molar-refractivity contribution in [3.63, 3.8) is 0 Å². The fourth-order valence-electron chi connectivity index (χ4n) is 1.92. The first-order chi connectivity index (χ1) is 12.6. The third kappa shape index (κ3) is 18.2. The lowest BCUT2D eigenvalue weighted by atomic mass is 10.1. The summed E-state index contributed by atoms with van der Waals surface area (Å²) in [4.78, 5) is 10.3. The van der Waals surface area contributed by atoms with Crippen molar-refractivity contribution in [1.82, 2.24) is 0 Å². The number of aliphatic carboxylic acids is 1. The Balaban J connectivity index is 3.87. The molecule has 0 bridgehead atoms.